The Morgan fingerprint density at radius 2 is 2.21 bits per heavy atom. The number of anilines is 2. The standard InChI is InChI=1S/C17H19N7O3S/c1-20-9-10(7-18)15(25)23-17-22-12-14(28-17)13(24-3-5-27-6-4-24)11(8-19)21-16(12)26-2/h7,9H,3-6,18H2,1-2H3,(H,22,23,25)/b10-7+,20-9?. The highest BCUT2D eigenvalue weighted by atomic mass is 32.1. The van der Waals surface area contributed by atoms with Crippen LogP contribution in [0.2, 0.25) is 0 Å². The van der Waals surface area contributed by atoms with Crippen LogP contribution in [0, 0.1) is 11.3 Å². The Kier molecular flexibility index (Phi) is 6.03. The van der Waals surface area contributed by atoms with Crippen molar-refractivity contribution in [3.05, 3.63) is 17.5 Å². The van der Waals surface area contributed by atoms with Gasteiger partial charge >= 0.3 is 0 Å². The van der Waals surface area contributed by atoms with E-state index in [1.807, 2.05) is 4.90 Å². The first-order chi connectivity index (χ1) is 13.6. The molecule has 3 heterocycles. The largest absolute Gasteiger partial charge is 0.479 e. The number of aromatic nitrogens is 2. The molecule has 1 fully saturated rings. The van der Waals surface area contributed by atoms with Crippen molar-refractivity contribution in [2.24, 2.45) is 10.7 Å². The van der Waals surface area contributed by atoms with E-state index in [2.05, 4.69) is 26.3 Å². The molecule has 0 radical (unpaired) electrons. The Hall–Kier alpha value is -3.23. The number of aliphatic imine (C=N–C) groups is 1. The number of carbonyl (C=O) groups excluding carboxylic acids is 1. The van der Waals surface area contributed by atoms with Gasteiger partial charge in [-0.05, 0) is 0 Å². The number of nitriles is 1. The molecule has 1 aliphatic heterocycles. The van der Waals surface area contributed by atoms with Gasteiger partial charge in [0.15, 0.2) is 10.8 Å². The summed E-state index contributed by atoms with van der Waals surface area (Å²) in [6.07, 6.45) is 2.53. The van der Waals surface area contributed by atoms with Crippen molar-refractivity contribution < 1.29 is 14.3 Å². The molecule has 2 aromatic rings. The van der Waals surface area contributed by atoms with Crippen molar-refractivity contribution in [3.63, 3.8) is 0 Å². The van der Waals surface area contributed by atoms with Gasteiger partial charge in [-0.25, -0.2) is 4.98 Å². The number of nitrogens with one attached hydrogen (secondary N) is 1. The van der Waals surface area contributed by atoms with Gasteiger partial charge in [-0.2, -0.15) is 10.2 Å². The van der Waals surface area contributed by atoms with Gasteiger partial charge in [-0.3, -0.25) is 15.1 Å². The van der Waals surface area contributed by atoms with Crippen molar-refractivity contribution in [2.45, 2.75) is 0 Å². The third-order valence-electron chi connectivity index (χ3n) is 4.04. The van der Waals surface area contributed by atoms with E-state index in [-0.39, 0.29) is 17.1 Å². The van der Waals surface area contributed by atoms with Gasteiger partial charge in [-0.15, -0.1) is 0 Å². The molecule has 0 atom stereocenters. The number of thiazole rings is 1. The molecular formula is C17H19N7O3S. The minimum absolute atomic E-state index is 0.206. The van der Waals surface area contributed by atoms with Crippen LogP contribution in [-0.4, -0.2) is 62.6 Å². The van der Waals surface area contributed by atoms with Crippen LogP contribution in [0.5, 0.6) is 5.88 Å². The number of methoxy groups -OCH3 is 1. The molecule has 28 heavy (non-hydrogen) atoms. The number of ether oxygens (including phenoxy) is 2. The Balaban J connectivity index is 2.08. The second-order valence-corrected chi connectivity index (χ2v) is 6.69. The fraction of sp³-hybridized carbons (Fsp3) is 0.353. The second kappa shape index (κ2) is 8.64. The molecule has 10 nitrogen and oxygen atoms in total. The lowest BCUT2D eigenvalue weighted by atomic mass is 10.2. The van der Waals surface area contributed by atoms with Gasteiger partial charge in [0.05, 0.1) is 36.3 Å². The third kappa shape index (κ3) is 3.73. The number of fused-ring (bicyclic) bond motifs is 1. The molecule has 146 valence electrons. The van der Waals surface area contributed by atoms with Crippen LogP contribution in [0.15, 0.2) is 16.8 Å². The average molecular weight is 401 g/mol. The van der Waals surface area contributed by atoms with Crippen LogP contribution in [0.4, 0.5) is 10.8 Å². The Labute approximate surface area is 165 Å². The summed E-state index contributed by atoms with van der Waals surface area (Å²) >= 11 is 1.24. The number of hydrogen-bond acceptors (Lipinski definition) is 10. The summed E-state index contributed by atoms with van der Waals surface area (Å²) in [6.45, 7) is 2.37. The first-order valence-corrected chi connectivity index (χ1v) is 9.21. The summed E-state index contributed by atoms with van der Waals surface area (Å²) in [5.74, 6) is -0.211. The lowest BCUT2D eigenvalue weighted by Gasteiger charge is -2.29. The van der Waals surface area contributed by atoms with Gasteiger partial charge < -0.3 is 20.1 Å². The van der Waals surface area contributed by atoms with Crippen molar-refractivity contribution in [3.8, 4) is 11.9 Å². The zero-order chi connectivity index (χ0) is 20.1. The molecule has 1 amide bonds. The predicted octanol–water partition coefficient (Wildman–Crippen LogP) is 0.890. The number of nitrogens with zero attached hydrogens (tertiary/aromatic N) is 5. The van der Waals surface area contributed by atoms with Crippen LogP contribution >= 0.6 is 11.3 Å². The smallest absolute Gasteiger partial charge is 0.260 e. The molecule has 0 aliphatic carbocycles. The monoisotopic (exact) mass is 401 g/mol. The Morgan fingerprint density at radius 1 is 1.46 bits per heavy atom. The minimum atomic E-state index is -0.437. The SMILES string of the molecule is CN=C/C(=C\N)C(=O)Nc1nc2c(OC)nc(C#N)c(N3CCOCC3)c2s1. The van der Waals surface area contributed by atoms with Crippen LogP contribution in [-0.2, 0) is 9.53 Å². The second-order valence-electron chi connectivity index (χ2n) is 5.69. The number of nitrogens with two attached hydrogens (primary N) is 1. The molecule has 2 aromatic heterocycles. The lowest BCUT2D eigenvalue weighted by molar-refractivity contribution is -0.112. The Morgan fingerprint density at radius 3 is 2.82 bits per heavy atom. The van der Waals surface area contributed by atoms with Gasteiger partial charge in [-0.1, -0.05) is 11.3 Å². The number of hydrogen-bond donors (Lipinski definition) is 2. The molecule has 0 bridgehead atoms. The van der Waals surface area contributed by atoms with E-state index >= 15 is 0 Å². The van der Waals surface area contributed by atoms with E-state index in [4.69, 9.17) is 15.2 Å². The quantitative estimate of drug-likeness (QED) is 0.556. The highest BCUT2D eigenvalue weighted by Gasteiger charge is 2.25. The van der Waals surface area contributed by atoms with Gasteiger partial charge in [0.25, 0.3) is 5.91 Å². The van der Waals surface area contributed by atoms with Gasteiger partial charge in [0.1, 0.15) is 11.6 Å². The maximum Gasteiger partial charge on any atom is 0.260 e. The molecule has 1 saturated heterocycles. The summed E-state index contributed by atoms with van der Waals surface area (Å²) in [5.41, 5.74) is 7.08. The topological polar surface area (TPSA) is 139 Å². The summed E-state index contributed by atoms with van der Waals surface area (Å²) < 4.78 is 11.4. The number of carbonyl (C=O) groups is 1. The molecule has 3 N–H and O–H groups in total. The number of pyridine rings is 1. The fourth-order valence-corrected chi connectivity index (χ4v) is 3.81. The van der Waals surface area contributed by atoms with Crippen LogP contribution in [0.1, 0.15) is 5.69 Å². The molecular weight excluding hydrogens is 382 g/mol. The molecule has 0 spiro atoms. The number of amides is 1. The minimum Gasteiger partial charge on any atom is -0.479 e. The van der Waals surface area contributed by atoms with Gasteiger partial charge in [0.2, 0.25) is 5.88 Å². The molecule has 3 rings (SSSR count). The van der Waals surface area contributed by atoms with E-state index in [9.17, 15) is 10.1 Å². The van der Waals surface area contributed by atoms with E-state index in [1.165, 1.54) is 30.9 Å². The Bertz CT molecular complexity index is 987. The molecule has 0 unspecified atom stereocenters. The molecule has 1 aliphatic rings. The van der Waals surface area contributed by atoms with E-state index < -0.39 is 5.91 Å². The van der Waals surface area contributed by atoms with Crippen molar-refractivity contribution in [2.75, 3.05) is 50.7 Å². The highest BCUT2D eigenvalue weighted by molar-refractivity contribution is 7.23. The van der Waals surface area contributed by atoms with Crippen molar-refractivity contribution >= 4 is 44.5 Å². The highest BCUT2D eigenvalue weighted by Crippen LogP contribution is 2.40. The first kappa shape index (κ1) is 19.5. The zero-order valence-electron chi connectivity index (χ0n) is 15.4. The summed E-state index contributed by atoms with van der Waals surface area (Å²) in [6, 6.07) is 2.13. The van der Waals surface area contributed by atoms with E-state index in [0.717, 1.165) is 0 Å². The molecule has 0 saturated carbocycles. The van der Waals surface area contributed by atoms with Crippen LogP contribution in [0.25, 0.3) is 10.2 Å². The zero-order valence-corrected chi connectivity index (χ0v) is 16.2. The number of morpholine rings is 1. The molecule has 11 heteroatoms. The number of rotatable bonds is 5. The predicted molar refractivity (Wildman–Crippen MR) is 107 cm³/mol. The fourth-order valence-electron chi connectivity index (χ4n) is 2.78. The summed E-state index contributed by atoms with van der Waals surface area (Å²) in [5, 5.41) is 12.6. The van der Waals surface area contributed by atoms with Crippen molar-refractivity contribution in [1.29, 1.82) is 5.26 Å². The van der Waals surface area contributed by atoms with Crippen molar-refractivity contribution in [1.82, 2.24) is 9.97 Å². The van der Waals surface area contributed by atoms with Gasteiger partial charge in [0, 0.05) is 32.6 Å². The first-order valence-electron chi connectivity index (χ1n) is 8.39. The normalized spacial score (nSPS) is 15.0. The lowest BCUT2D eigenvalue weighted by Crippen LogP contribution is -2.36. The maximum atomic E-state index is 12.4. The maximum absolute atomic E-state index is 12.4. The van der Waals surface area contributed by atoms with E-state index in [1.54, 1.807) is 7.05 Å². The average Bonchev–Trinajstić information content (AvgIpc) is 3.14. The van der Waals surface area contributed by atoms with Crippen LogP contribution < -0.4 is 20.7 Å². The van der Waals surface area contributed by atoms with Crippen LogP contribution in [0.3, 0.4) is 0 Å². The molecule has 0 aromatic carbocycles. The summed E-state index contributed by atoms with van der Waals surface area (Å²) in [4.78, 5) is 27.0. The van der Waals surface area contributed by atoms with E-state index in [0.29, 0.717) is 47.3 Å². The third-order valence-corrected chi connectivity index (χ3v) is 5.02. The summed E-state index contributed by atoms with van der Waals surface area (Å²) in [7, 11) is 3.00.